The molecule has 142 valence electrons. The lowest BCUT2D eigenvalue weighted by Crippen LogP contribution is -2.24. The van der Waals surface area contributed by atoms with Crippen LogP contribution in [0.4, 0.5) is 5.69 Å². The van der Waals surface area contributed by atoms with E-state index in [1.165, 1.54) is 16.3 Å². The number of amides is 1. The van der Waals surface area contributed by atoms with Crippen molar-refractivity contribution in [2.45, 2.75) is 18.9 Å². The van der Waals surface area contributed by atoms with E-state index in [0.29, 0.717) is 13.0 Å². The average Bonchev–Trinajstić information content (AvgIpc) is 2.78. The summed E-state index contributed by atoms with van der Waals surface area (Å²) in [4.78, 5) is 12.5. The molecule has 3 nitrogen and oxygen atoms in total. The highest BCUT2D eigenvalue weighted by Crippen LogP contribution is 2.44. The SMILES string of the molecule is O=C1CC(c2ccccc2OCc2ccccc2)c2c(ccc3ccccc23)N1. The molecule has 1 aliphatic rings. The van der Waals surface area contributed by atoms with Gasteiger partial charge in [-0.25, -0.2) is 0 Å². The van der Waals surface area contributed by atoms with E-state index in [1.807, 2.05) is 54.6 Å². The van der Waals surface area contributed by atoms with E-state index in [1.54, 1.807) is 0 Å². The maximum atomic E-state index is 12.5. The number of ether oxygens (including phenoxy) is 1. The Kier molecular flexibility index (Phi) is 4.49. The minimum absolute atomic E-state index is 0.0376. The maximum Gasteiger partial charge on any atom is 0.225 e. The number of carbonyl (C=O) groups excluding carboxylic acids is 1. The fraction of sp³-hybridized carbons (Fsp3) is 0.115. The number of hydrogen-bond acceptors (Lipinski definition) is 2. The second-order valence-electron chi connectivity index (χ2n) is 7.36. The van der Waals surface area contributed by atoms with Gasteiger partial charge in [0.25, 0.3) is 0 Å². The maximum absolute atomic E-state index is 12.5. The van der Waals surface area contributed by atoms with E-state index < -0.39 is 0 Å². The molecule has 29 heavy (non-hydrogen) atoms. The van der Waals surface area contributed by atoms with Crippen molar-refractivity contribution >= 4 is 22.4 Å². The quantitative estimate of drug-likeness (QED) is 0.480. The molecule has 4 aromatic carbocycles. The van der Waals surface area contributed by atoms with Crippen molar-refractivity contribution in [3.63, 3.8) is 0 Å². The molecule has 0 saturated carbocycles. The van der Waals surface area contributed by atoms with Crippen LogP contribution in [0.5, 0.6) is 5.75 Å². The Morgan fingerprint density at radius 2 is 1.59 bits per heavy atom. The highest BCUT2D eigenvalue weighted by Gasteiger charge is 2.30. The first-order chi connectivity index (χ1) is 14.3. The topological polar surface area (TPSA) is 38.3 Å². The van der Waals surface area contributed by atoms with Gasteiger partial charge in [-0.05, 0) is 34.0 Å². The Morgan fingerprint density at radius 3 is 2.48 bits per heavy atom. The average molecular weight is 379 g/mol. The zero-order valence-electron chi connectivity index (χ0n) is 16.0. The van der Waals surface area contributed by atoms with Crippen molar-refractivity contribution in [3.05, 3.63) is 108 Å². The van der Waals surface area contributed by atoms with Gasteiger partial charge in [-0.2, -0.15) is 0 Å². The lowest BCUT2D eigenvalue weighted by molar-refractivity contribution is -0.116. The Bertz CT molecular complexity index is 1180. The van der Waals surface area contributed by atoms with E-state index in [4.69, 9.17) is 4.74 Å². The van der Waals surface area contributed by atoms with E-state index in [-0.39, 0.29) is 11.8 Å². The van der Waals surface area contributed by atoms with Crippen LogP contribution in [0.15, 0.2) is 91.0 Å². The summed E-state index contributed by atoms with van der Waals surface area (Å²) >= 11 is 0. The van der Waals surface area contributed by atoms with Crippen molar-refractivity contribution in [2.24, 2.45) is 0 Å². The number of fused-ring (bicyclic) bond motifs is 3. The number of hydrogen-bond donors (Lipinski definition) is 1. The van der Waals surface area contributed by atoms with Gasteiger partial charge in [0.05, 0.1) is 0 Å². The third-order valence-electron chi connectivity index (χ3n) is 5.51. The van der Waals surface area contributed by atoms with Crippen LogP contribution in [0.3, 0.4) is 0 Å². The summed E-state index contributed by atoms with van der Waals surface area (Å²) in [5.74, 6) is 0.822. The second-order valence-corrected chi connectivity index (χ2v) is 7.36. The number of nitrogens with one attached hydrogen (secondary N) is 1. The van der Waals surface area contributed by atoms with Crippen LogP contribution in [-0.2, 0) is 11.4 Å². The molecular weight excluding hydrogens is 358 g/mol. The summed E-state index contributed by atoms with van der Waals surface area (Å²) in [6, 6.07) is 30.6. The van der Waals surface area contributed by atoms with Crippen LogP contribution in [0.2, 0.25) is 0 Å². The van der Waals surface area contributed by atoms with Gasteiger partial charge >= 0.3 is 0 Å². The highest BCUT2D eigenvalue weighted by atomic mass is 16.5. The molecule has 0 saturated heterocycles. The second kappa shape index (κ2) is 7.44. The van der Waals surface area contributed by atoms with Crippen molar-refractivity contribution < 1.29 is 9.53 Å². The highest BCUT2D eigenvalue weighted by molar-refractivity contribution is 6.01. The predicted molar refractivity (Wildman–Crippen MR) is 116 cm³/mol. The lowest BCUT2D eigenvalue weighted by atomic mass is 9.81. The number of benzene rings is 4. The molecule has 0 radical (unpaired) electrons. The largest absolute Gasteiger partial charge is 0.489 e. The van der Waals surface area contributed by atoms with Crippen LogP contribution in [0.1, 0.15) is 29.0 Å². The van der Waals surface area contributed by atoms with Gasteiger partial charge in [-0.15, -0.1) is 0 Å². The number of anilines is 1. The normalized spacial score (nSPS) is 15.6. The van der Waals surface area contributed by atoms with Crippen molar-refractivity contribution in [3.8, 4) is 5.75 Å². The van der Waals surface area contributed by atoms with E-state index >= 15 is 0 Å². The van der Waals surface area contributed by atoms with Gasteiger partial charge in [0.15, 0.2) is 0 Å². The Balaban J connectivity index is 1.59. The molecule has 1 heterocycles. The van der Waals surface area contributed by atoms with Gasteiger partial charge in [-0.1, -0.05) is 78.9 Å². The van der Waals surface area contributed by atoms with Crippen molar-refractivity contribution in [1.82, 2.24) is 0 Å². The standard InChI is InChI=1S/C26H21NO2/c28-25-16-22(26-20-11-5-4-10-19(20)14-15-23(26)27-25)21-12-6-7-13-24(21)29-17-18-8-2-1-3-9-18/h1-15,22H,16-17H2,(H,27,28). The molecule has 0 aromatic heterocycles. The van der Waals surface area contributed by atoms with Gasteiger partial charge in [0.1, 0.15) is 12.4 Å². The molecular formula is C26H21NO2. The first-order valence-corrected chi connectivity index (χ1v) is 9.87. The molecule has 3 heteroatoms. The summed E-state index contributed by atoms with van der Waals surface area (Å²) in [6.07, 6.45) is 0.409. The first kappa shape index (κ1) is 17.5. The van der Waals surface area contributed by atoms with Gasteiger partial charge in [0, 0.05) is 23.6 Å². The van der Waals surface area contributed by atoms with E-state index in [9.17, 15) is 4.79 Å². The van der Waals surface area contributed by atoms with Crippen molar-refractivity contribution in [1.29, 1.82) is 0 Å². The molecule has 1 atom stereocenters. The summed E-state index contributed by atoms with van der Waals surface area (Å²) < 4.78 is 6.21. The fourth-order valence-corrected chi connectivity index (χ4v) is 4.17. The summed E-state index contributed by atoms with van der Waals surface area (Å²) in [7, 11) is 0. The summed E-state index contributed by atoms with van der Waals surface area (Å²) in [5, 5.41) is 5.40. The smallest absolute Gasteiger partial charge is 0.225 e. The molecule has 4 aromatic rings. The molecule has 0 bridgehead atoms. The Hall–Kier alpha value is -3.59. The summed E-state index contributed by atoms with van der Waals surface area (Å²) in [5.41, 5.74) is 4.23. The number of rotatable bonds is 4. The van der Waals surface area contributed by atoms with Gasteiger partial charge in [-0.3, -0.25) is 4.79 Å². The molecule has 0 spiro atoms. The molecule has 5 rings (SSSR count). The Morgan fingerprint density at radius 1 is 0.828 bits per heavy atom. The third-order valence-corrected chi connectivity index (χ3v) is 5.51. The monoisotopic (exact) mass is 379 g/mol. The van der Waals surface area contributed by atoms with Gasteiger partial charge < -0.3 is 10.1 Å². The van der Waals surface area contributed by atoms with Crippen LogP contribution in [0.25, 0.3) is 10.8 Å². The molecule has 1 N–H and O–H groups in total. The molecule has 0 aliphatic carbocycles. The van der Waals surface area contributed by atoms with Crippen LogP contribution < -0.4 is 10.1 Å². The first-order valence-electron chi connectivity index (χ1n) is 9.87. The zero-order valence-corrected chi connectivity index (χ0v) is 16.0. The van der Waals surface area contributed by atoms with Crippen molar-refractivity contribution in [2.75, 3.05) is 5.32 Å². The van der Waals surface area contributed by atoms with Gasteiger partial charge in [0.2, 0.25) is 5.91 Å². The molecule has 1 unspecified atom stereocenters. The minimum Gasteiger partial charge on any atom is -0.489 e. The van der Waals surface area contributed by atoms with E-state index in [0.717, 1.165) is 22.6 Å². The summed E-state index contributed by atoms with van der Waals surface area (Å²) in [6.45, 7) is 0.499. The third kappa shape index (κ3) is 3.36. The molecule has 0 fully saturated rings. The number of carbonyl (C=O) groups is 1. The minimum atomic E-state index is -0.0446. The predicted octanol–water partition coefficient (Wildman–Crippen LogP) is 5.89. The van der Waals surface area contributed by atoms with Crippen LogP contribution >= 0.6 is 0 Å². The lowest BCUT2D eigenvalue weighted by Gasteiger charge is -2.29. The molecule has 1 aliphatic heterocycles. The fourth-order valence-electron chi connectivity index (χ4n) is 4.17. The Labute approximate surface area is 170 Å². The zero-order chi connectivity index (χ0) is 19.6. The van der Waals surface area contributed by atoms with E-state index in [2.05, 4.69) is 41.7 Å². The number of para-hydroxylation sites is 1. The molecule has 1 amide bonds. The van der Waals surface area contributed by atoms with Crippen LogP contribution in [0, 0.1) is 0 Å². The van der Waals surface area contributed by atoms with Crippen LogP contribution in [-0.4, -0.2) is 5.91 Å².